The molecule has 0 aromatic heterocycles. The molecule has 6 atom stereocenters. The number of hydrogen-bond donors (Lipinski definition) is 5. The number of phenolic OH excluding ortho intramolecular Hbond substituents is 2. The normalized spacial score (nSPS) is 29.8. The van der Waals surface area contributed by atoms with Crippen LogP contribution in [0.3, 0.4) is 0 Å². The van der Waals surface area contributed by atoms with Crippen molar-refractivity contribution < 1.29 is 49.0 Å². The monoisotopic (exact) mass is 561 g/mol. The van der Waals surface area contributed by atoms with Gasteiger partial charge in [0.15, 0.2) is 17.9 Å². The molecule has 1 fully saturated rings. The molecular weight excluding hydrogens is 534 g/mol. The summed E-state index contributed by atoms with van der Waals surface area (Å²) in [6.45, 7) is 2.79. The Morgan fingerprint density at radius 2 is 1.85 bits per heavy atom. The van der Waals surface area contributed by atoms with Crippen LogP contribution in [0.15, 0.2) is 18.2 Å². The van der Waals surface area contributed by atoms with Gasteiger partial charge in [-0.1, -0.05) is 12.1 Å². The van der Waals surface area contributed by atoms with Crippen LogP contribution in [0.2, 0.25) is 0 Å². The third-order valence-corrected chi connectivity index (χ3v) is 8.17. The number of ketones is 3. The Balaban J connectivity index is 1.67. The molecule has 5 N–H and O–H groups in total. The number of ether oxygens (including phenoxy) is 3. The van der Waals surface area contributed by atoms with E-state index in [1.165, 1.54) is 32.2 Å². The molecule has 6 unspecified atom stereocenters. The van der Waals surface area contributed by atoms with Crippen LogP contribution in [-0.4, -0.2) is 75.0 Å². The maximum atomic E-state index is 13.7. The number of benzene rings is 2. The highest BCUT2D eigenvalue weighted by Crippen LogP contribution is 2.52. The van der Waals surface area contributed by atoms with Crippen LogP contribution < -0.4 is 9.57 Å². The molecule has 1 saturated heterocycles. The van der Waals surface area contributed by atoms with Gasteiger partial charge in [-0.3, -0.25) is 14.4 Å². The van der Waals surface area contributed by atoms with Crippen molar-refractivity contribution in [3.63, 3.8) is 0 Å². The van der Waals surface area contributed by atoms with E-state index in [4.69, 9.17) is 26.0 Å². The molecule has 12 heteroatoms. The van der Waals surface area contributed by atoms with Gasteiger partial charge < -0.3 is 34.6 Å². The molecule has 3 aliphatic rings. The number of methoxy groups -OCH3 is 1. The van der Waals surface area contributed by atoms with Gasteiger partial charge in [-0.05, 0) is 31.7 Å². The van der Waals surface area contributed by atoms with Crippen LogP contribution in [0.1, 0.15) is 75.8 Å². The zero-order chi connectivity index (χ0) is 28.4. The third-order valence-electron chi connectivity index (χ3n) is 7.89. The van der Waals surface area contributed by atoms with Gasteiger partial charge in [0.05, 0.1) is 48.2 Å². The van der Waals surface area contributed by atoms with Gasteiger partial charge in [0.2, 0.25) is 5.78 Å². The van der Waals surface area contributed by atoms with Crippen LogP contribution in [-0.2, 0) is 20.7 Å². The van der Waals surface area contributed by atoms with Crippen molar-refractivity contribution in [1.82, 2.24) is 4.84 Å². The van der Waals surface area contributed by atoms with Gasteiger partial charge in [-0.2, -0.15) is 0 Å². The van der Waals surface area contributed by atoms with E-state index in [9.17, 15) is 34.8 Å². The number of rotatable bonds is 5. The molecule has 2 aliphatic carbocycles. The molecule has 2 aromatic carbocycles. The fourth-order valence-corrected chi connectivity index (χ4v) is 5.95. The zero-order valence-electron chi connectivity index (χ0n) is 21.4. The van der Waals surface area contributed by atoms with Crippen molar-refractivity contribution in [2.45, 2.75) is 69.4 Å². The Kier molecular flexibility index (Phi) is 6.94. The highest BCUT2D eigenvalue weighted by Gasteiger charge is 2.49. The largest absolute Gasteiger partial charge is 0.507 e. The number of nitrogens with one attached hydrogen (secondary N) is 1. The summed E-state index contributed by atoms with van der Waals surface area (Å²) in [5, 5.41) is 44.4. The standard InChI is InChI=1S/C27H28ClNO10/c1-10-22(31)14(29-28)7-17(38-10)39-16-9-27(36,11(2)30)8-13-19(16)26(35)21-20(24(13)33)23(32)12-5-4-6-15(37-3)18(12)25(21)34/h4-6,10,14,16-17,22,29,31,33,35-36H,7-9H2,1-3H3. The summed E-state index contributed by atoms with van der Waals surface area (Å²) in [6.07, 6.45) is -4.60. The number of phenols is 2. The fraction of sp³-hybridized carbons (Fsp3) is 0.444. The maximum absolute atomic E-state index is 13.7. The summed E-state index contributed by atoms with van der Waals surface area (Å²) < 4.78 is 17.2. The highest BCUT2D eigenvalue weighted by molar-refractivity contribution is 6.31. The smallest absolute Gasteiger partial charge is 0.202 e. The number of aliphatic hydroxyl groups excluding tert-OH is 1. The molecule has 208 valence electrons. The van der Waals surface area contributed by atoms with Crippen molar-refractivity contribution >= 4 is 29.1 Å². The number of Topliss-reactive ketones (excluding diaryl/α,β-unsaturated/α-hetero) is 1. The number of carbonyl (C=O) groups excluding carboxylic acids is 3. The minimum absolute atomic E-state index is 0.0188. The van der Waals surface area contributed by atoms with Gasteiger partial charge >= 0.3 is 0 Å². The second kappa shape index (κ2) is 9.84. The van der Waals surface area contributed by atoms with Crippen molar-refractivity contribution in [3.05, 3.63) is 51.6 Å². The number of fused-ring (bicyclic) bond motifs is 3. The Morgan fingerprint density at radius 1 is 1.15 bits per heavy atom. The van der Waals surface area contributed by atoms with E-state index in [0.29, 0.717) is 0 Å². The molecule has 1 aliphatic heterocycles. The molecule has 1 heterocycles. The number of carbonyl (C=O) groups is 3. The van der Waals surface area contributed by atoms with Gasteiger partial charge in [0, 0.05) is 36.0 Å². The summed E-state index contributed by atoms with van der Waals surface area (Å²) >= 11 is 5.78. The average molecular weight is 562 g/mol. The minimum atomic E-state index is -2.01. The number of hydrogen-bond acceptors (Lipinski definition) is 11. The Hall–Kier alpha value is -3.06. The summed E-state index contributed by atoms with van der Waals surface area (Å²) in [6, 6.07) is 3.81. The van der Waals surface area contributed by atoms with E-state index in [1.54, 1.807) is 6.92 Å². The number of aliphatic hydroxyl groups is 2. The fourth-order valence-electron chi connectivity index (χ4n) is 5.73. The molecule has 2 aromatic rings. The Labute approximate surface area is 228 Å². The molecule has 0 saturated carbocycles. The van der Waals surface area contributed by atoms with E-state index in [0.717, 1.165) is 0 Å². The van der Waals surface area contributed by atoms with E-state index in [2.05, 4.69) is 4.84 Å². The van der Waals surface area contributed by atoms with Gasteiger partial charge in [-0.25, -0.2) is 4.84 Å². The molecule has 5 rings (SSSR count). The van der Waals surface area contributed by atoms with E-state index in [-0.39, 0.29) is 40.8 Å². The van der Waals surface area contributed by atoms with Crippen molar-refractivity contribution in [2.24, 2.45) is 0 Å². The first kappa shape index (κ1) is 27.5. The quantitative estimate of drug-likeness (QED) is 0.227. The molecule has 0 bridgehead atoms. The van der Waals surface area contributed by atoms with E-state index < -0.39 is 82.6 Å². The van der Waals surface area contributed by atoms with Crippen LogP contribution in [0.25, 0.3) is 0 Å². The summed E-state index contributed by atoms with van der Waals surface area (Å²) in [4.78, 5) is 42.2. The molecular formula is C27H28ClNO10. The molecule has 0 amide bonds. The first-order valence-electron chi connectivity index (χ1n) is 12.4. The van der Waals surface area contributed by atoms with Crippen molar-refractivity contribution in [1.29, 1.82) is 0 Å². The SMILES string of the molecule is COc1cccc2c1C(=O)c1c(O)c3c(c(O)c1C2=O)CC(O)(C(C)=O)CC3OC1CC(NCl)C(O)C(C)O1. The summed E-state index contributed by atoms with van der Waals surface area (Å²) in [5.74, 6) is -3.21. The predicted octanol–water partition coefficient (Wildman–Crippen LogP) is 1.81. The maximum Gasteiger partial charge on any atom is 0.202 e. The van der Waals surface area contributed by atoms with Crippen molar-refractivity contribution in [3.8, 4) is 17.2 Å². The summed E-state index contributed by atoms with van der Waals surface area (Å²) in [7, 11) is 1.34. The zero-order valence-corrected chi connectivity index (χ0v) is 22.1. The van der Waals surface area contributed by atoms with Gasteiger partial charge in [-0.15, -0.1) is 0 Å². The van der Waals surface area contributed by atoms with Crippen LogP contribution in [0.4, 0.5) is 0 Å². The van der Waals surface area contributed by atoms with E-state index in [1.807, 2.05) is 0 Å². The lowest BCUT2D eigenvalue weighted by Crippen LogP contribution is -2.52. The highest BCUT2D eigenvalue weighted by atomic mass is 35.5. The molecule has 0 radical (unpaired) electrons. The lowest BCUT2D eigenvalue weighted by molar-refractivity contribution is -0.248. The topological polar surface area (TPSA) is 172 Å². The number of halogens is 1. The molecule has 39 heavy (non-hydrogen) atoms. The van der Waals surface area contributed by atoms with Gasteiger partial charge in [0.25, 0.3) is 0 Å². The first-order valence-corrected chi connectivity index (χ1v) is 12.8. The molecule has 11 nitrogen and oxygen atoms in total. The van der Waals surface area contributed by atoms with Gasteiger partial charge in [0.1, 0.15) is 22.8 Å². The second-order valence-electron chi connectivity index (χ2n) is 10.2. The average Bonchev–Trinajstić information content (AvgIpc) is 2.90. The minimum Gasteiger partial charge on any atom is -0.507 e. The van der Waals surface area contributed by atoms with Crippen LogP contribution in [0.5, 0.6) is 17.2 Å². The number of aromatic hydroxyl groups is 2. The Bertz CT molecular complexity index is 1390. The summed E-state index contributed by atoms with van der Waals surface area (Å²) in [5.41, 5.74) is -3.09. The van der Waals surface area contributed by atoms with Crippen LogP contribution >= 0.6 is 11.8 Å². The first-order chi connectivity index (χ1) is 18.4. The van der Waals surface area contributed by atoms with E-state index >= 15 is 0 Å². The van der Waals surface area contributed by atoms with Crippen LogP contribution in [0, 0.1) is 0 Å². The lowest BCUT2D eigenvalue weighted by atomic mass is 9.72. The van der Waals surface area contributed by atoms with Crippen molar-refractivity contribution in [2.75, 3.05) is 7.11 Å². The molecule has 0 spiro atoms. The third kappa shape index (κ3) is 4.21. The Morgan fingerprint density at radius 3 is 2.49 bits per heavy atom. The predicted molar refractivity (Wildman–Crippen MR) is 135 cm³/mol. The second-order valence-corrected chi connectivity index (χ2v) is 10.4. The lowest BCUT2D eigenvalue weighted by Gasteiger charge is -2.42.